The van der Waals surface area contributed by atoms with Crippen molar-refractivity contribution in [1.29, 1.82) is 0 Å². The third kappa shape index (κ3) is 9.75. The number of likely N-dealkylation sites (tertiary alicyclic amines) is 2. The van der Waals surface area contributed by atoms with Crippen molar-refractivity contribution in [2.24, 2.45) is 0 Å². The van der Waals surface area contributed by atoms with E-state index in [1.54, 1.807) is 5.48 Å². The number of carbonyl (C=O) groups is 2. The predicted octanol–water partition coefficient (Wildman–Crippen LogP) is 5.24. The Balaban J connectivity index is 1.11. The average Bonchev–Trinajstić information content (AvgIpc) is 3.83. The number of benzene rings is 3. The van der Waals surface area contributed by atoms with Gasteiger partial charge in [-0.3, -0.25) is 19.7 Å². The molecule has 262 valence electrons. The van der Waals surface area contributed by atoms with Crippen molar-refractivity contribution < 1.29 is 29.4 Å². The number of ether oxygens (including phenoxy) is 2. The van der Waals surface area contributed by atoms with Gasteiger partial charge < -0.3 is 24.8 Å². The first-order chi connectivity index (χ1) is 24.0. The zero-order chi connectivity index (χ0) is 34.0. The largest absolute Gasteiger partial charge is 0.392 e. The van der Waals surface area contributed by atoms with Crippen molar-refractivity contribution in [2.45, 2.75) is 89.1 Å². The van der Waals surface area contributed by atoms with Crippen LogP contribution in [0.3, 0.4) is 0 Å². The molecule has 4 atom stereocenters. The van der Waals surface area contributed by atoms with E-state index in [-0.39, 0.29) is 37.6 Å². The van der Waals surface area contributed by atoms with Crippen molar-refractivity contribution >= 4 is 11.8 Å². The van der Waals surface area contributed by atoms with Crippen LogP contribution >= 0.6 is 0 Å². The Morgan fingerprint density at radius 1 is 0.796 bits per heavy atom. The minimum Gasteiger partial charge on any atom is -0.392 e. The lowest BCUT2D eigenvalue weighted by Crippen LogP contribution is -2.45. The van der Waals surface area contributed by atoms with E-state index in [9.17, 15) is 14.7 Å². The van der Waals surface area contributed by atoms with Crippen LogP contribution in [0.25, 0.3) is 11.1 Å². The molecule has 0 radical (unpaired) electrons. The summed E-state index contributed by atoms with van der Waals surface area (Å²) in [4.78, 5) is 28.7. The molecule has 0 bridgehead atoms. The molecule has 10 nitrogen and oxygen atoms in total. The second kappa shape index (κ2) is 17.3. The standard InChI is InChI=1S/C39H50N4O6/c44-27-28-11-13-31(14-12-28)36-23-35(26-43-21-5-8-34(43)25-42-19-1-2-20-42)48-39(49-36)32-17-15-30(16-18-32)33-7-3-6-29(22-33)24-40-37(45)9-4-10-38(46)41-47/h3,6-7,11-18,22,34-36,39,44,47H,1-2,4-5,8-10,19-21,23-27H2,(H,40,45)(H,41,46)/t34-,35+,36-,39-/m0/s1. The number of carbonyl (C=O) groups excluding carboxylic acids is 2. The number of aliphatic hydroxyl groups excluding tert-OH is 1. The lowest BCUT2D eigenvalue weighted by Gasteiger charge is -2.39. The Labute approximate surface area is 289 Å². The monoisotopic (exact) mass is 670 g/mol. The summed E-state index contributed by atoms with van der Waals surface area (Å²) in [6, 6.07) is 25.1. The van der Waals surface area contributed by atoms with E-state index in [2.05, 4.69) is 63.6 Å². The highest BCUT2D eigenvalue weighted by atomic mass is 16.7. The van der Waals surface area contributed by atoms with Crippen LogP contribution in [0.5, 0.6) is 0 Å². The molecule has 3 fully saturated rings. The van der Waals surface area contributed by atoms with E-state index < -0.39 is 12.2 Å². The lowest BCUT2D eigenvalue weighted by molar-refractivity contribution is -0.253. The Morgan fingerprint density at radius 3 is 2.31 bits per heavy atom. The first kappa shape index (κ1) is 35.2. The molecule has 3 aliphatic heterocycles. The molecule has 2 amide bonds. The van der Waals surface area contributed by atoms with Gasteiger partial charge in [-0.1, -0.05) is 66.7 Å². The minimum absolute atomic E-state index is 0.0187. The van der Waals surface area contributed by atoms with Gasteiger partial charge in [0.1, 0.15) is 0 Å². The van der Waals surface area contributed by atoms with Crippen molar-refractivity contribution in [3.63, 3.8) is 0 Å². The molecule has 0 spiro atoms. The molecule has 0 aliphatic carbocycles. The Hall–Kier alpha value is -3.64. The highest BCUT2D eigenvalue weighted by molar-refractivity contribution is 5.78. The fourth-order valence-corrected chi connectivity index (χ4v) is 7.35. The molecule has 3 aromatic rings. The number of hydrogen-bond acceptors (Lipinski definition) is 8. The molecule has 3 aliphatic rings. The van der Waals surface area contributed by atoms with Gasteiger partial charge in [0.05, 0.1) is 18.8 Å². The number of nitrogens with one attached hydrogen (secondary N) is 2. The van der Waals surface area contributed by atoms with Crippen LogP contribution in [-0.4, -0.2) is 76.8 Å². The van der Waals surface area contributed by atoms with E-state index in [1.165, 1.54) is 38.8 Å². The molecule has 49 heavy (non-hydrogen) atoms. The molecule has 0 aromatic heterocycles. The van der Waals surface area contributed by atoms with Crippen LogP contribution in [0.15, 0.2) is 72.8 Å². The summed E-state index contributed by atoms with van der Waals surface area (Å²) in [5, 5.41) is 21.1. The lowest BCUT2D eigenvalue weighted by atomic mass is 9.98. The molecule has 0 unspecified atom stereocenters. The van der Waals surface area contributed by atoms with Crippen molar-refractivity contribution in [3.05, 3.63) is 95.1 Å². The highest BCUT2D eigenvalue weighted by Crippen LogP contribution is 2.39. The van der Waals surface area contributed by atoms with Gasteiger partial charge in [-0.05, 0) is 85.6 Å². The number of rotatable bonds is 14. The summed E-state index contributed by atoms with van der Waals surface area (Å²) in [5.74, 6) is -0.634. The Bertz CT molecular complexity index is 1510. The maximum atomic E-state index is 12.2. The van der Waals surface area contributed by atoms with Crippen molar-refractivity contribution in [1.82, 2.24) is 20.6 Å². The van der Waals surface area contributed by atoms with Gasteiger partial charge >= 0.3 is 0 Å². The van der Waals surface area contributed by atoms with E-state index >= 15 is 0 Å². The molecule has 3 heterocycles. The van der Waals surface area contributed by atoms with E-state index in [4.69, 9.17) is 14.7 Å². The predicted molar refractivity (Wildman–Crippen MR) is 186 cm³/mol. The van der Waals surface area contributed by atoms with Crippen molar-refractivity contribution in [3.8, 4) is 11.1 Å². The van der Waals surface area contributed by atoms with Crippen LogP contribution < -0.4 is 10.8 Å². The van der Waals surface area contributed by atoms with Gasteiger partial charge in [-0.25, -0.2) is 5.48 Å². The van der Waals surface area contributed by atoms with Gasteiger partial charge in [-0.15, -0.1) is 0 Å². The first-order valence-electron chi connectivity index (χ1n) is 17.8. The molecule has 3 aromatic carbocycles. The zero-order valence-corrected chi connectivity index (χ0v) is 28.3. The van der Waals surface area contributed by atoms with Gasteiger partial charge in [0.15, 0.2) is 6.29 Å². The van der Waals surface area contributed by atoms with Crippen molar-refractivity contribution in [2.75, 3.05) is 32.7 Å². The molecule has 6 rings (SSSR count). The molecular weight excluding hydrogens is 620 g/mol. The normalized spacial score (nSPS) is 23.1. The number of hydrogen-bond donors (Lipinski definition) is 4. The SMILES string of the molecule is O=C(CCCC(=O)NCc1cccc(-c2ccc([C@H]3O[C@@H](CN4CCC[C@H]4CN4CCCC4)C[C@@H](c4ccc(CO)cc4)O3)cc2)c1)NO. The molecule has 0 saturated carbocycles. The fraction of sp³-hybridized carbons (Fsp3) is 0.487. The highest BCUT2D eigenvalue weighted by Gasteiger charge is 2.36. The fourth-order valence-electron chi connectivity index (χ4n) is 7.35. The number of hydroxylamine groups is 1. The van der Waals surface area contributed by atoms with E-state index in [0.717, 1.165) is 59.4 Å². The first-order valence-corrected chi connectivity index (χ1v) is 17.8. The molecule has 3 saturated heterocycles. The van der Waals surface area contributed by atoms with E-state index in [0.29, 0.717) is 19.0 Å². The number of nitrogens with zero attached hydrogens (tertiary/aromatic N) is 2. The molecule has 4 N–H and O–H groups in total. The maximum Gasteiger partial charge on any atom is 0.243 e. The summed E-state index contributed by atoms with van der Waals surface area (Å²) >= 11 is 0. The molecule has 10 heteroatoms. The van der Waals surface area contributed by atoms with Gasteiger partial charge in [0, 0.05) is 50.5 Å². The third-order valence-electron chi connectivity index (χ3n) is 10.1. The van der Waals surface area contributed by atoms with Gasteiger partial charge in [-0.2, -0.15) is 0 Å². The Kier molecular flexibility index (Phi) is 12.5. The summed E-state index contributed by atoms with van der Waals surface area (Å²) in [7, 11) is 0. The average molecular weight is 671 g/mol. The quantitative estimate of drug-likeness (QED) is 0.136. The zero-order valence-electron chi connectivity index (χ0n) is 28.3. The van der Waals surface area contributed by atoms with Crippen LogP contribution in [0, 0.1) is 0 Å². The summed E-state index contributed by atoms with van der Waals surface area (Å²) in [5.41, 5.74) is 7.61. The van der Waals surface area contributed by atoms with Gasteiger partial charge in [0.2, 0.25) is 11.8 Å². The van der Waals surface area contributed by atoms with Crippen LogP contribution in [-0.2, 0) is 32.2 Å². The summed E-state index contributed by atoms with van der Waals surface area (Å²) in [6.45, 7) is 6.00. The smallest absolute Gasteiger partial charge is 0.243 e. The van der Waals surface area contributed by atoms with Gasteiger partial charge in [0.25, 0.3) is 0 Å². The Morgan fingerprint density at radius 2 is 1.55 bits per heavy atom. The van der Waals surface area contributed by atoms with Crippen LogP contribution in [0.2, 0.25) is 0 Å². The van der Waals surface area contributed by atoms with E-state index in [1.807, 2.05) is 24.3 Å². The third-order valence-corrected chi connectivity index (χ3v) is 10.1. The second-order valence-electron chi connectivity index (χ2n) is 13.6. The number of aliphatic hydroxyl groups is 1. The van der Waals surface area contributed by atoms with Crippen LogP contribution in [0.1, 0.15) is 86.0 Å². The minimum atomic E-state index is -0.500. The summed E-state index contributed by atoms with van der Waals surface area (Å²) < 4.78 is 13.4. The maximum absolute atomic E-state index is 12.2. The topological polar surface area (TPSA) is 124 Å². The summed E-state index contributed by atoms with van der Waals surface area (Å²) in [6.07, 6.45) is 5.98. The van der Waals surface area contributed by atoms with Crippen LogP contribution in [0.4, 0.5) is 0 Å². The number of amides is 2. The molecular formula is C39H50N4O6. The second-order valence-corrected chi connectivity index (χ2v) is 13.6.